The number of nitrogens with zero attached hydrogens (tertiary/aromatic N) is 3. The zero-order valence-corrected chi connectivity index (χ0v) is 13.7. The number of thiophene rings is 1. The maximum absolute atomic E-state index is 5.21. The van der Waals surface area contributed by atoms with Gasteiger partial charge in [0.1, 0.15) is 29.9 Å². The molecule has 7 heteroatoms. The van der Waals surface area contributed by atoms with E-state index in [0.29, 0.717) is 6.54 Å². The van der Waals surface area contributed by atoms with Crippen molar-refractivity contribution in [3.8, 4) is 16.2 Å². The Morgan fingerprint density at radius 3 is 2.79 bits per heavy atom. The minimum Gasteiger partial charge on any atom is -0.497 e. The van der Waals surface area contributed by atoms with Gasteiger partial charge in [0.2, 0.25) is 0 Å². The molecule has 1 aromatic carbocycles. The van der Waals surface area contributed by atoms with Gasteiger partial charge in [-0.25, -0.2) is 9.97 Å². The van der Waals surface area contributed by atoms with Crippen LogP contribution in [0.15, 0.2) is 53.5 Å². The maximum Gasteiger partial charge on any atom is 0.147 e. The SMILES string of the molecule is COc1ccc(-c2cc3ncnc(NCc4ccon4)c3s2)cc1. The van der Waals surface area contributed by atoms with Crippen molar-refractivity contribution >= 4 is 27.4 Å². The number of nitrogens with one attached hydrogen (secondary N) is 1. The molecule has 120 valence electrons. The number of fused-ring (bicyclic) bond motifs is 1. The summed E-state index contributed by atoms with van der Waals surface area (Å²) in [7, 11) is 1.66. The van der Waals surface area contributed by atoms with Crippen molar-refractivity contribution in [1.82, 2.24) is 15.1 Å². The van der Waals surface area contributed by atoms with Crippen molar-refractivity contribution in [2.45, 2.75) is 6.54 Å². The highest BCUT2D eigenvalue weighted by Crippen LogP contribution is 2.36. The van der Waals surface area contributed by atoms with Crippen LogP contribution in [0.2, 0.25) is 0 Å². The average molecular weight is 338 g/mol. The fraction of sp³-hybridized carbons (Fsp3) is 0.118. The van der Waals surface area contributed by atoms with Crippen LogP contribution in [-0.4, -0.2) is 22.2 Å². The van der Waals surface area contributed by atoms with Crippen LogP contribution in [0, 0.1) is 0 Å². The monoisotopic (exact) mass is 338 g/mol. The van der Waals surface area contributed by atoms with Gasteiger partial charge in [0.05, 0.1) is 23.9 Å². The zero-order valence-electron chi connectivity index (χ0n) is 12.9. The second kappa shape index (κ2) is 6.29. The van der Waals surface area contributed by atoms with Crippen LogP contribution < -0.4 is 10.1 Å². The van der Waals surface area contributed by atoms with Gasteiger partial charge in [-0.1, -0.05) is 5.16 Å². The Hall–Kier alpha value is -2.93. The Balaban J connectivity index is 1.65. The number of hydrogen-bond acceptors (Lipinski definition) is 7. The summed E-state index contributed by atoms with van der Waals surface area (Å²) >= 11 is 1.66. The summed E-state index contributed by atoms with van der Waals surface area (Å²) in [5.41, 5.74) is 2.87. The van der Waals surface area contributed by atoms with E-state index in [4.69, 9.17) is 9.26 Å². The molecule has 4 rings (SSSR count). The summed E-state index contributed by atoms with van der Waals surface area (Å²) in [4.78, 5) is 9.85. The molecule has 0 aliphatic carbocycles. The van der Waals surface area contributed by atoms with E-state index in [1.807, 2.05) is 30.3 Å². The van der Waals surface area contributed by atoms with E-state index < -0.39 is 0 Å². The van der Waals surface area contributed by atoms with Crippen molar-refractivity contribution in [3.05, 3.63) is 54.7 Å². The standard InChI is InChI=1S/C17H14N4O2S/c1-22-13-4-2-11(3-5-13)15-8-14-16(24-15)17(20-10-19-14)18-9-12-6-7-23-21-12/h2-8,10H,9H2,1H3,(H,18,19,20). The number of benzene rings is 1. The number of rotatable bonds is 5. The molecule has 0 amide bonds. The summed E-state index contributed by atoms with van der Waals surface area (Å²) in [6.07, 6.45) is 3.12. The van der Waals surface area contributed by atoms with Crippen LogP contribution in [0.4, 0.5) is 5.82 Å². The Labute approximate surface area is 142 Å². The van der Waals surface area contributed by atoms with Gasteiger partial charge in [0.25, 0.3) is 0 Å². The van der Waals surface area contributed by atoms with E-state index in [1.54, 1.807) is 31.0 Å². The lowest BCUT2D eigenvalue weighted by Gasteiger charge is -2.03. The molecule has 0 fully saturated rings. The van der Waals surface area contributed by atoms with Gasteiger partial charge < -0.3 is 14.6 Å². The fourth-order valence-corrected chi connectivity index (χ4v) is 3.46. The molecule has 0 unspecified atom stereocenters. The van der Waals surface area contributed by atoms with E-state index in [-0.39, 0.29) is 0 Å². The second-order valence-electron chi connectivity index (χ2n) is 5.12. The molecular weight excluding hydrogens is 324 g/mol. The van der Waals surface area contributed by atoms with Crippen LogP contribution in [0.3, 0.4) is 0 Å². The lowest BCUT2D eigenvalue weighted by molar-refractivity contribution is 0.412. The number of ether oxygens (including phenoxy) is 1. The summed E-state index contributed by atoms with van der Waals surface area (Å²) in [5, 5.41) is 7.18. The Kier molecular flexibility index (Phi) is 3.84. The molecule has 4 aromatic rings. The van der Waals surface area contributed by atoms with Crippen LogP contribution in [0.1, 0.15) is 5.69 Å². The maximum atomic E-state index is 5.21. The first-order valence-corrected chi connectivity index (χ1v) is 8.17. The first-order chi connectivity index (χ1) is 11.8. The topological polar surface area (TPSA) is 73.1 Å². The number of hydrogen-bond donors (Lipinski definition) is 1. The van der Waals surface area contributed by atoms with Gasteiger partial charge in [-0.05, 0) is 35.9 Å². The Morgan fingerprint density at radius 2 is 2.04 bits per heavy atom. The molecule has 0 aliphatic rings. The molecule has 0 bridgehead atoms. The average Bonchev–Trinajstić information content (AvgIpc) is 3.29. The highest BCUT2D eigenvalue weighted by atomic mass is 32.1. The number of methoxy groups -OCH3 is 1. The van der Waals surface area contributed by atoms with Gasteiger partial charge in [-0.2, -0.15) is 0 Å². The second-order valence-corrected chi connectivity index (χ2v) is 6.17. The minimum absolute atomic E-state index is 0.554. The predicted octanol–water partition coefficient (Wildman–Crippen LogP) is 3.97. The predicted molar refractivity (Wildman–Crippen MR) is 93.2 cm³/mol. The first kappa shape index (κ1) is 14.6. The van der Waals surface area contributed by atoms with Crippen molar-refractivity contribution in [3.63, 3.8) is 0 Å². The summed E-state index contributed by atoms with van der Waals surface area (Å²) in [6.45, 7) is 0.554. The number of anilines is 1. The van der Waals surface area contributed by atoms with Crippen molar-refractivity contribution < 1.29 is 9.26 Å². The molecule has 0 aliphatic heterocycles. The van der Waals surface area contributed by atoms with Crippen LogP contribution in [0.5, 0.6) is 5.75 Å². The van der Waals surface area contributed by atoms with Crippen LogP contribution >= 0.6 is 11.3 Å². The van der Waals surface area contributed by atoms with Gasteiger partial charge in [-0.15, -0.1) is 11.3 Å². The first-order valence-electron chi connectivity index (χ1n) is 7.35. The third-order valence-corrected chi connectivity index (χ3v) is 4.79. The highest BCUT2D eigenvalue weighted by Gasteiger charge is 2.10. The van der Waals surface area contributed by atoms with Gasteiger partial charge >= 0.3 is 0 Å². The van der Waals surface area contributed by atoms with Gasteiger partial charge in [-0.3, -0.25) is 0 Å². The molecule has 3 aromatic heterocycles. The van der Waals surface area contributed by atoms with Gasteiger partial charge in [0, 0.05) is 10.9 Å². The van der Waals surface area contributed by atoms with Crippen molar-refractivity contribution in [1.29, 1.82) is 0 Å². The summed E-state index contributed by atoms with van der Waals surface area (Å²) in [6, 6.07) is 11.9. The van der Waals surface area contributed by atoms with E-state index in [0.717, 1.165) is 37.9 Å². The minimum atomic E-state index is 0.554. The zero-order chi connectivity index (χ0) is 16.4. The third-order valence-electron chi connectivity index (χ3n) is 3.61. The largest absolute Gasteiger partial charge is 0.497 e. The van der Waals surface area contributed by atoms with Crippen molar-refractivity contribution in [2.75, 3.05) is 12.4 Å². The molecular formula is C17H14N4O2S. The van der Waals surface area contributed by atoms with E-state index >= 15 is 0 Å². The smallest absolute Gasteiger partial charge is 0.147 e. The molecule has 3 heterocycles. The van der Waals surface area contributed by atoms with Crippen LogP contribution in [-0.2, 0) is 6.54 Å². The molecule has 0 atom stereocenters. The summed E-state index contributed by atoms with van der Waals surface area (Å²) in [5.74, 6) is 1.64. The lowest BCUT2D eigenvalue weighted by Crippen LogP contribution is -2.01. The Bertz CT molecular complexity index is 949. The molecule has 24 heavy (non-hydrogen) atoms. The van der Waals surface area contributed by atoms with E-state index in [2.05, 4.69) is 26.5 Å². The Morgan fingerprint density at radius 1 is 1.17 bits per heavy atom. The molecule has 1 N–H and O–H groups in total. The molecule has 0 spiro atoms. The van der Waals surface area contributed by atoms with Crippen LogP contribution in [0.25, 0.3) is 20.7 Å². The quantitative estimate of drug-likeness (QED) is 0.593. The van der Waals surface area contributed by atoms with Crippen molar-refractivity contribution in [2.24, 2.45) is 0 Å². The van der Waals surface area contributed by atoms with E-state index in [9.17, 15) is 0 Å². The lowest BCUT2D eigenvalue weighted by atomic mass is 10.2. The van der Waals surface area contributed by atoms with E-state index in [1.165, 1.54) is 0 Å². The fourth-order valence-electron chi connectivity index (χ4n) is 2.38. The molecule has 0 saturated heterocycles. The molecule has 6 nitrogen and oxygen atoms in total. The summed E-state index contributed by atoms with van der Waals surface area (Å²) < 4.78 is 11.1. The number of aromatic nitrogens is 3. The molecule has 0 saturated carbocycles. The molecule has 0 radical (unpaired) electrons. The normalized spacial score (nSPS) is 10.9. The highest BCUT2D eigenvalue weighted by molar-refractivity contribution is 7.22. The third kappa shape index (κ3) is 2.81. The van der Waals surface area contributed by atoms with Gasteiger partial charge in [0.15, 0.2) is 0 Å².